The molecule has 1 aromatic rings. The van der Waals surface area contributed by atoms with Crippen molar-refractivity contribution in [3.63, 3.8) is 0 Å². The minimum Gasteiger partial charge on any atom is -0.367 e. The van der Waals surface area contributed by atoms with Crippen molar-refractivity contribution in [1.82, 2.24) is 4.98 Å². The summed E-state index contributed by atoms with van der Waals surface area (Å²) in [6.45, 7) is 6.45. The van der Waals surface area contributed by atoms with E-state index in [4.69, 9.17) is 0 Å². The Morgan fingerprint density at radius 2 is 2.29 bits per heavy atom. The van der Waals surface area contributed by atoms with E-state index in [0.717, 1.165) is 11.7 Å². The number of hydrogen-bond acceptors (Lipinski definition) is 2. The predicted octanol–water partition coefficient (Wildman–Crippen LogP) is 2.91. The smallest absolute Gasteiger partial charge is 0.129 e. The Hall–Kier alpha value is -1.05. The molecule has 0 aromatic carbocycles. The first-order valence-electron chi connectivity index (χ1n) is 5.40. The topological polar surface area (TPSA) is 24.9 Å². The number of nitrogens with zero attached hydrogens (tertiary/aromatic N) is 1. The van der Waals surface area contributed by atoms with Crippen LogP contribution in [0.2, 0.25) is 0 Å². The number of nitrogens with one attached hydrogen (secondary N) is 1. The van der Waals surface area contributed by atoms with Crippen molar-refractivity contribution in [1.29, 1.82) is 0 Å². The second kappa shape index (κ2) is 3.60. The summed E-state index contributed by atoms with van der Waals surface area (Å²) < 4.78 is 0. The highest BCUT2D eigenvalue weighted by Crippen LogP contribution is 2.36. The van der Waals surface area contributed by atoms with E-state index in [-0.39, 0.29) is 0 Å². The number of pyridine rings is 1. The van der Waals surface area contributed by atoms with Gasteiger partial charge in [-0.1, -0.05) is 19.4 Å². The van der Waals surface area contributed by atoms with Gasteiger partial charge in [-0.25, -0.2) is 4.98 Å². The zero-order valence-corrected chi connectivity index (χ0v) is 9.17. The maximum Gasteiger partial charge on any atom is 0.129 e. The molecule has 0 amide bonds. The molecule has 0 spiro atoms. The van der Waals surface area contributed by atoms with Gasteiger partial charge in [-0.2, -0.15) is 0 Å². The van der Waals surface area contributed by atoms with Crippen LogP contribution in [0.4, 0.5) is 5.82 Å². The van der Waals surface area contributed by atoms with E-state index in [1.807, 2.05) is 6.20 Å². The van der Waals surface area contributed by atoms with Crippen LogP contribution in [0.5, 0.6) is 0 Å². The maximum atomic E-state index is 4.42. The van der Waals surface area contributed by atoms with Crippen molar-refractivity contribution in [3.05, 3.63) is 23.4 Å². The van der Waals surface area contributed by atoms with Crippen LogP contribution < -0.4 is 5.32 Å². The molecular weight excluding hydrogens is 172 g/mol. The molecule has 1 saturated carbocycles. The Kier molecular flexibility index (Phi) is 2.44. The molecule has 1 heterocycles. The average Bonchev–Trinajstić information content (AvgIpc) is 2.89. The van der Waals surface area contributed by atoms with Gasteiger partial charge in [-0.05, 0) is 37.3 Å². The van der Waals surface area contributed by atoms with Crippen LogP contribution >= 0.6 is 0 Å². The van der Waals surface area contributed by atoms with Crippen molar-refractivity contribution in [3.8, 4) is 0 Å². The highest BCUT2D eigenvalue weighted by Gasteiger charge is 2.35. The minimum absolute atomic E-state index is 0.675. The first-order valence-corrected chi connectivity index (χ1v) is 5.40. The van der Waals surface area contributed by atoms with E-state index < -0.39 is 0 Å². The van der Waals surface area contributed by atoms with E-state index in [2.05, 4.69) is 37.1 Å². The van der Waals surface area contributed by atoms with Crippen LogP contribution in [0.3, 0.4) is 0 Å². The molecule has 1 N–H and O–H groups in total. The first-order chi connectivity index (χ1) is 6.70. The molecule has 2 unspecified atom stereocenters. The Balaban J connectivity index is 2.03. The lowest BCUT2D eigenvalue weighted by Crippen LogP contribution is -2.07. The van der Waals surface area contributed by atoms with E-state index in [0.29, 0.717) is 6.04 Å². The van der Waals surface area contributed by atoms with Gasteiger partial charge in [-0.15, -0.1) is 0 Å². The Bertz CT molecular complexity index is 333. The summed E-state index contributed by atoms with van der Waals surface area (Å²) >= 11 is 0. The van der Waals surface area contributed by atoms with E-state index in [1.165, 1.54) is 24.0 Å². The minimum atomic E-state index is 0.675. The highest BCUT2D eigenvalue weighted by atomic mass is 15.0. The van der Waals surface area contributed by atoms with Gasteiger partial charge >= 0.3 is 0 Å². The molecule has 1 aliphatic rings. The Labute approximate surface area is 85.7 Å². The van der Waals surface area contributed by atoms with Crippen LogP contribution in [-0.2, 0) is 0 Å². The largest absolute Gasteiger partial charge is 0.367 e. The van der Waals surface area contributed by atoms with E-state index >= 15 is 0 Å². The molecule has 2 heteroatoms. The SMILES string of the molecule is CCC1CC1Nc1ncc(C)cc1C. The molecule has 2 nitrogen and oxygen atoms in total. The van der Waals surface area contributed by atoms with Crippen molar-refractivity contribution in [2.75, 3.05) is 5.32 Å². The summed E-state index contributed by atoms with van der Waals surface area (Å²) in [7, 11) is 0. The Morgan fingerprint density at radius 3 is 2.86 bits per heavy atom. The Morgan fingerprint density at radius 1 is 1.50 bits per heavy atom. The van der Waals surface area contributed by atoms with Crippen LogP contribution in [0.1, 0.15) is 30.9 Å². The molecule has 0 aliphatic heterocycles. The van der Waals surface area contributed by atoms with Crippen LogP contribution in [0.25, 0.3) is 0 Å². The third kappa shape index (κ3) is 1.89. The van der Waals surface area contributed by atoms with Gasteiger partial charge in [0.15, 0.2) is 0 Å². The quantitative estimate of drug-likeness (QED) is 0.792. The fourth-order valence-electron chi connectivity index (χ4n) is 1.92. The zero-order chi connectivity index (χ0) is 10.1. The predicted molar refractivity (Wildman–Crippen MR) is 59.5 cm³/mol. The van der Waals surface area contributed by atoms with Crippen molar-refractivity contribution in [2.24, 2.45) is 5.92 Å². The summed E-state index contributed by atoms with van der Waals surface area (Å²) in [6, 6.07) is 2.85. The van der Waals surface area contributed by atoms with Crippen LogP contribution in [0, 0.1) is 19.8 Å². The fraction of sp³-hybridized carbons (Fsp3) is 0.583. The second-order valence-corrected chi connectivity index (χ2v) is 4.33. The number of anilines is 1. The summed E-state index contributed by atoms with van der Waals surface area (Å²) in [5.41, 5.74) is 2.49. The molecular formula is C12H18N2. The molecule has 14 heavy (non-hydrogen) atoms. The number of rotatable bonds is 3. The molecule has 76 valence electrons. The van der Waals surface area contributed by atoms with Gasteiger partial charge in [0.25, 0.3) is 0 Å². The molecule has 0 bridgehead atoms. The van der Waals surface area contributed by atoms with Gasteiger partial charge < -0.3 is 5.32 Å². The van der Waals surface area contributed by atoms with Gasteiger partial charge in [-0.3, -0.25) is 0 Å². The van der Waals surface area contributed by atoms with Crippen LogP contribution in [-0.4, -0.2) is 11.0 Å². The number of hydrogen-bond donors (Lipinski definition) is 1. The average molecular weight is 190 g/mol. The summed E-state index contributed by atoms with van der Waals surface area (Å²) in [6.07, 6.45) is 4.52. The number of aromatic nitrogens is 1. The molecule has 1 aromatic heterocycles. The van der Waals surface area contributed by atoms with Gasteiger partial charge in [0, 0.05) is 12.2 Å². The summed E-state index contributed by atoms with van der Waals surface area (Å²) in [5.74, 6) is 1.94. The van der Waals surface area contributed by atoms with Gasteiger partial charge in [0.05, 0.1) is 0 Å². The van der Waals surface area contributed by atoms with Crippen molar-refractivity contribution >= 4 is 5.82 Å². The normalized spacial score (nSPS) is 24.8. The maximum absolute atomic E-state index is 4.42. The molecule has 1 aliphatic carbocycles. The van der Waals surface area contributed by atoms with E-state index in [9.17, 15) is 0 Å². The third-order valence-corrected chi connectivity index (χ3v) is 2.98. The second-order valence-electron chi connectivity index (χ2n) is 4.33. The third-order valence-electron chi connectivity index (χ3n) is 2.98. The standard InChI is InChI=1S/C12H18N2/c1-4-10-6-11(10)14-12-9(3)5-8(2)7-13-12/h5,7,10-11H,4,6H2,1-3H3,(H,13,14). The highest BCUT2D eigenvalue weighted by molar-refractivity contribution is 5.46. The molecule has 0 saturated heterocycles. The van der Waals surface area contributed by atoms with Crippen molar-refractivity contribution in [2.45, 2.75) is 39.7 Å². The lowest BCUT2D eigenvalue weighted by atomic mass is 10.2. The monoisotopic (exact) mass is 190 g/mol. The number of aryl methyl sites for hydroxylation is 2. The molecule has 2 atom stereocenters. The van der Waals surface area contributed by atoms with Gasteiger partial charge in [0.1, 0.15) is 5.82 Å². The van der Waals surface area contributed by atoms with Crippen molar-refractivity contribution < 1.29 is 0 Å². The van der Waals surface area contributed by atoms with Crippen LogP contribution in [0.15, 0.2) is 12.3 Å². The first kappa shape index (κ1) is 9.50. The lowest BCUT2D eigenvalue weighted by Gasteiger charge is -2.08. The molecule has 2 rings (SSSR count). The fourth-order valence-corrected chi connectivity index (χ4v) is 1.92. The zero-order valence-electron chi connectivity index (χ0n) is 9.17. The molecule has 0 radical (unpaired) electrons. The molecule has 1 fully saturated rings. The van der Waals surface area contributed by atoms with Gasteiger partial charge in [0.2, 0.25) is 0 Å². The summed E-state index contributed by atoms with van der Waals surface area (Å²) in [5, 5.41) is 3.50. The van der Waals surface area contributed by atoms with E-state index in [1.54, 1.807) is 0 Å². The summed E-state index contributed by atoms with van der Waals surface area (Å²) in [4.78, 5) is 4.42. The lowest BCUT2D eigenvalue weighted by molar-refractivity contribution is 0.773.